The molecule has 0 saturated carbocycles. The zero-order chi connectivity index (χ0) is 17.7. The van der Waals surface area contributed by atoms with Crippen molar-refractivity contribution in [3.63, 3.8) is 0 Å². The van der Waals surface area contributed by atoms with Gasteiger partial charge in [-0.1, -0.05) is 25.0 Å². The molecule has 5 nitrogen and oxygen atoms in total. The lowest BCUT2D eigenvalue weighted by atomic mass is 10.2. The Kier molecular flexibility index (Phi) is 9.29. The zero-order valence-electron chi connectivity index (χ0n) is 15.2. The summed E-state index contributed by atoms with van der Waals surface area (Å²) in [5.41, 5.74) is 5.21. The maximum atomic E-state index is 5.28. The van der Waals surface area contributed by atoms with Gasteiger partial charge in [0.15, 0.2) is 5.11 Å². The van der Waals surface area contributed by atoms with Gasteiger partial charge in [-0.15, -0.1) is 0 Å². The molecule has 138 valence electrons. The molecule has 0 radical (unpaired) electrons. The SMILES string of the molecule is CCOCCCNC(=S)N/N=C\c1ccc(N2CCCCCC2)cc1. The van der Waals surface area contributed by atoms with Crippen LogP contribution in [0, 0.1) is 0 Å². The van der Waals surface area contributed by atoms with E-state index in [0.717, 1.165) is 44.8 Å². The summed E-state index contributed by atoms with van der Waals surface area (Å²) in [5, 5.41) is 7.83. The summed E-state index contributed by atoms with van der Waals surface area (Å²) < 4.78 is 5.28. The number of ether oxygens (including phenoxy) is 1. The number of rotatable bonds is 8. The van der Waals surface area contributed by atoms with Crippen molar-refractivity contribution in [2.45, 2.75) is 39.0 Å². The first-order valence-corrected chi connectivity index (χ1v) is 9.70. The van der Waals surface area contributed by atoms with Gasteiger partial charge in [0, 0.05) is 38.5 Å². The molecule has 0 atom stereocenters. The molecule has 1 fully saturated rings. The van der Waals surface area contributed by atoms with Gasteiger partial charge < -0.3 is 15.0 Å². The molecule has 1 aliphatic heterocycles. The molecule has 0 aliphatic carbocycles. The van der Waals surface area contributed by atoms with Crippen LogP contribution in [-0.4, -0.2) is 44.2 Å². The summed E-state index contributed by atoms with van der Waals surface area (Å²) >= 11 is 5.18. The first-order valence-electron chi connectivity index (χ1n) is 9.29. The van der Waals surface area contributed by atoms with Crippen molar-refractivity contribution in [1.82, 2.24) is 10.7 Å². The Hall–Kier alpha value is -1.66. The quantitative estimate of drug-likeness (QED) is 0.322. The average Bonchev–Trinajstić information content (AvgIpc) is 2.91. The van der Waals surface area contributed by atoms with E-state index in [1.807, 2.05) is 6.92 Å². The van der Waals surface area contributed by atoms with Gasteiger partial charge in [0.25, 0.3) is 0 Å². The fraction of sp³-hybridized carbons (Fsp3) is 0.579. The lowest BCUT2D eigenvalue weighted by molar-refractivity contribution is 0.145. The van der Waals surface area contributed by atoms with E-state index < -0.39 is 0 Å². The minimum absolute atomic E-state index is 0.536. The van der Waals surface area contributed by atoms with Gasteiger partial charge in [0.05, 0.1) is 6.21 Å². The number of hydrazone groups is 1. The summed E-state index contributed by atoms with van der Waals surface area (Å²) in [6, 6.07) is 8.56. The third-order valence-corrected chi connectivity index (χ3v) is 4.43. The Morgan fingerprint density at radius 1 is 1.20 bits per heavy atom. The van der Waals surface area contributed by atoms with Crippen LogP contribution >= 0.6 is 12.2 Å². The molecule has 6 heteroatoms. The largest absolute Gasteiger partial charge is 0.382 e. The molecule has 2 rings (SSSR count). The highest BCUT2D eigenvalue weighted by Gasteiger charge is 2.09. The molecule has 0 amide bonds. The third kappa shape index (κ3) is 7.84. The van der Waals surface area contributed by atoms with Crippen molar-refractivity contribution < 1.29 is 4.74 Å². The van der Waals surface area contributed by atoms with Crippen molar-refractivity contribution in [3.8, 4) is 0 Å². The number of nitrogens with zero attached hydrogens (tertiary/aromatic N) is 2. The van der Waals surface area contributed by atoms with Gasteiger partial charge in [-0.3, -0.25) is 5.43 Å². The van der Waals surface area contributed by atoms with Gasteiger partial charge in [-0.05, 0) is 56.1 Å². The molecule has 0 spiro atoms. The zero-order valence-corrected chi connectivity index (χ0v) is 16.0. The molecule has 1 aromatic carbocycles. The van der Waals surface area contributed by atoms with Crippen LogP contribution in [0.1, 0.15) is 44.6 Å². The van der Waals surface area contributed by atoms with Crippen LogP contribution in [0.15, 0.2) is 29.4 Å². The highest BCUT2D eigenvalue weighted by Crippen LogP contribution is 2.19. The highest BCUT2D eigenvalue weighted by atomic mass is 32.1. The molecule has 0 unspecified atom stereocenters. The summed E-state index contributed by atoms with van der Waals surface area (Å²) in [5.74, 6) is 0. The molecule has 1 aromatic rings. The monoisotopic (exact) mass is 362 g/mol. The number of hydrogen-bond acceptors (Lipinski definition) is 4. The Labute approximate surface area is 156 Å². The topological polar surface area (TPSA) is 48.9 Å². The fourth-order valence-electron chi connectivity index (χ4n) is 2.83. The van der Waals surface area contributed by atoms with E-state index in [4.69, 9.17) is 17.0 Å². The molecule has 2 N–H and O–H groups in total. The minimum Gasteiger partial charge on any atom is -0.382 e. The molecule has 0 bridgehead atoms. The molecular weight excluding hydrogens is 332 g/mol. The van der Waals surface area contributed by atoms with Crippen LogP contribution < -0.4 is 15.6 Å². The van der Waals surface area contributed by atoms with Gasteiger partial charge in [0.2, 0.25) is 0 Å². The van der Waals surface area contributed by atoms with E-state index in [1.54, 1.807) is 6.21 Å². The number of nitrogens with one attached hydrogen (secondary N) is 2. The summed E-state index contributed by atoms with van der Waals surface area (Å²) in [7, 11) is 0. The van der Waals surface area contributed by atoms with Gasteiger partial charge >= 0.3 is 0 Å². The minimum atomic E-state index is 0.536. The lowest BCUT2D eigenvalue weighted by Crippen LogP contribution is -2.33. The molecule has 1 saturated heterocycles. The average molecular weight is 363 g/mol. The number of hydrogen-bond donors (Lipinski definition) is 2. The van der Waals surface area contributed by atoms with E-state index in [1.165, 1.54) is 31.4 Å². The van der Waals surface area contributed by atoms with Crippen LogP contribution in [0.5, 0.6) is 0 Å². The summed E-state index contributed by atoms with van der Waals surface area (Å²) in [4.78, 5) is 2.48. The summed E-state index contributed by atoms with van der Waals surface area (Å²) in [6.07, 6.45) is 8.01. The van der Waals surface area contributed by atoms with Crippen LogP contribution in [0.3, 0.4) is 0 Å². The van der Waals surface area contributed by atoms with E-state index in [9.17, 15) is 0 Å². The smallest absolute Gasteiger partial charge is 0.186 e. The number of benzene rings is 1. The first-order chi connectivity index (χ1) is 12.3. The predicted octanol–water partition coefficient (Wildman–Crippen LogP) is 3.29. The maximum absolute atomic E-state index is 5.28. The predicted molar refractivity (Wildman–Crippen MR) is 110 cm³/mol. The Morgan fingerprint density at radius 2 is 1.92 bits per heavy atom. The Bertz CT molecular complexity index is 525. The van der Waals surface area contributed by atoms with Gasteiger partial charge in [0.1, 0.15) is 0 Å². The van der Waals surface area contributed by atoms with Crippen LogP contribution in [0.2, 0.25) is 0 Å². The number of thiocarbonyl (C=S) groups is 1. The van der Waals surface area contributed by atoms with E-state index >= 15 is 0 Å². The van der Waals surface area contributed by atoms with E-state index in [0.29, 0.717) is 5.11 Å². The maximum Gasteiger partial charge on any atom is 0.186 e. The molecular formula is C19H30N4OS. The van der Waals surface area contributed by atoms with Crippen molar-refractivity contribution >= 4 is 29.2 Å². The molecule has 25 heavy (non-hydrogen) atoms. The summed E-state index contributed by atoms with van der Waals surface area (Å²) in [6.45, 7) is 6.61. The third-order valence-electron chi connectivity index (χ3n) is 4.20. The van der Waals surface area contributed by atoms with Crippen molar-refractivity contribution in [1.29, 1.82) is 0 Å². The lowest BCUT2D eigenvalue weighted by Gasteiger charge is -2.22. The Balaban J connectivity index is 1.71. The van der Waals surface area contributed by atoms with E-state index in [2.05, 4.69) is 45.0 Å². The van der Waals surface area contributed by atoms with Gasteiger partial charge in [-0.2, -0.15) is 5.10 Å². The number of anilines is 1. The second-order valence-electron chi connectivity index (χ2n) is 6.17. The van der Waals surface area contributed by atoms with Crippen LogP contribution in [-0.2, 0) is 4.74 Å². The second-order valence-corrected chi connectivity index (χ2v) is 6.58. The van der Waals surface area contributed by atoms with Crippen LogP contribution in [0.4, 0.5) is 5.69 Å². The van der Waals surface area contributed by atoms with E-state index in [-0.39, 0.29) is 0 Å². The van der Waals surface area contributed by atoms with Crippen LogP contribution in [0.25, 0.3) is 0 Å². The first kappa shape index (κ1) is 19.7. The van der Waals surface area contributed by atoms with Crippen molar-refractivity contribution in [3.05, 3.63) is 29.8 Å². The van der Waals surface area contributed by atoms with Gasteiger partial charge in [-0.25, -0.2) is 0 Å². The van der Waals surface area contributed by atoms with Crippen molar-refractivity contribution in [2.24, 2.45) is 5.10 Å². The standard InChI is InChI=1S/C19H30N4OS/c1-2-24-15-7-12-20-19(25)22-21-16-17-8-10-18(11-9-17)23-13-5-3-4-6-14-23/h8-11,16H,2-7,12-15H2,1H3,(H2,20,22,25)/b21-16-. The molecule has 0 aromatic heterocycles. The highest BCUT2D eigenvalue weighted by molar-refractivity contribution is 7.80. The second kappa shape index (κ2) is 11.8. The molecule has 1 aliphatic rings. The fourth-order valence-corrected chi connectivity index (χ4v) is 2.98. The molecule has 1 heterocycles. The normalized spacial score (nSPS) is 15.2. The Morgan fingerprint density at radius 3 is 2.60 bits per heavy atom. The van der Waals surface area contributed by atoms with Crippen molar-refractivity contribution in [2.75, 3.05) is 37.7 Å².